The molecule has 3 aliphatic rings. The van der Waals surface area contributed by atoms with Crippen LogP contribution < -0.4 is 15.0 Å². The smallest absolute Gasteiger partial charge is 0.244 e. The molecule has 0 spiro atoms. The van der Waals surface area contributed by atoms with Crippen LogP contribution in [-0.2, 0) is 11.2 Å². The zero-order chi connectivity index (χ0) is 15.1. The van der Waals surface area contributed by atoms with Gasteiger partial charge >= 0.3 is 0 Å². The van der Waals surface area contributed by atoms with Gasteiger partial charge in [0.2, 0.25) is 5.91 Å². The first-order valence-corrected chi connectivity index (χ1v) is 8.50. The minimum absolute atomic E-state index is 0. The summed E-state index contributed by atoms with van der Waals surface area (Å²) in [6.07, 6.45) is 7.11. The Kier molecular flexibility index (Phi) is 4.83. The summed E-state index contributed by atoms with van der Waals surface area (Å²) in [4.78, 5) is 14.9. The molecule has 1 aliphatic carbocycles. The topological polar surface area (TPSA) is 41.6 Å². The lowest BCUT2D eigenvalue weighted by atomic mass is 9.85. The van der Waals surface area contributed by atoms with Gasteiger partial charge in [0.25, 0.3) is 0 Å². The van der Waals surface area contributed by atoms with E-state index in [1.807, 2.05) is 17.0 Å². The Morgan fingerprint density at radius 2 is 2.13 bits per heavy atom. The Morgan fingerprint density at radius 3 is 2.91 bits per heavy atom. The Balaban J connectivity index is 0.00000156. The molecule has 2 aliphatic heterocycles. The molecule has 4 nitrogen and oxygen atoms in total. The minimum Gasteiger partial charge on any atom is -0.497 e. The van der Waals surface area contributed by atoms with Crippen molar-refractivity contribution in [1.82, 2.24) is 5.32 Å². The van der Waals surface area contributed by atoms with Gasteiger partial charge in [0.05, 0.1) is 13.2 Å². The van der Waals surface area contributed by atoms with Gasteiger partial charge in [-0.15, -0.1) is 12.4 Å². The number of nitrogens with one attached hydrogen (secondary N) is 1. The molecule has 0 aromatic heterocycles. The second-order valence-electron chi connectivity index (χ2n) is 6.84. The highest BCUT2D eigenvalue weighted by atomic mass is 35.5. The second-order valence-corrected chi connectivity index (χ2v) is 6.84. The van der Waals surface area contributed by atoms with Crippen molar-refractivity contribution < 1.29 is 9.53 Å². The molecule has 0 bridgehead atoms. The predicted molar refractivity (Wildman–Crippen MR) is 93.6 cm³/mol. The van der Waals surface area contributed by atoms with Crippen LogP contribution >= 0.6 is 12.4 Å². The SMILES string of the molecule is COc1ccc2c(c1)CCN2C(=O)C1CC2CCCCC2N1.Cl. The van der Waals surface area contributed by atoms with E-state index in [0.29, 0.717) is 12.0 Å². The first-order chi connectivity index (χ1) is 10.8. The van der Waals surface area contributed by atoms with Crippen molar-refractivity contribution in [3.05, 3.63) is 23.8 Å². The largest absolute Gasteiger partial charge is 0.497 e. The van der Waals surface area contributed by atoms with E-state index < -0.39 is 0 Å². The number of halogens is 1. The summed E-state index contributed by atoms with van der Waals surface area (Å²) >= 11 is 0. The summed E-state index contributed by atoms with van der Waals surface area (Å²) in [5.74, 6) is 1.84. The minimum atomic E-state index is 0. The van der Waals surface area contributed by atoms with E-state index in [0.717, 1.165) is 30.8 Å². The maximum Gasteiger partial charge on any atom is 0.244 e. The number of ether oxygens (including phenoxy) is 1. The molecule has 1 aromatic rings. The number of anilines is 1. The summed E-state index contributed by atoms with van der Waals surface area (Å²) in [5.41, 5.74) is 2.30. The van der Waals surface area contributed by atoms with Crippen molar-refractivity contribution in [3.63, 3.8) is 0 Å². The number of carbonyl (C=O) groups is 1. The Morgan fingerprint density at radius 1 is 1.30 bits per heavy atom. The average Bonchev–Trinajstić information content (AvgIpc) is 3.17. The first kappa shape index (κ1) is 16.6. The molecule has 2 heterocycles. The summed E-state index contributed by atoms with van der Waals surface area (Å²) in [7, 11) is 1.68. The van der Waals surface area contributed by atoms with Gasteiger partial charge in [0.15, 0.2) is 0 Å². The standard InChI is InChI=1S/C18H24N2O2.ClH/c1-22-14-6-7-17-13(10-14)8-9-20(17)18(21)16-11-12-4-2-3-5-15(12)19-16;/h6-7,10,12,15-16,19H,2-5,8-9,11H2,1H3;1H. The van der Waals surface area contributed by atoms with Crippen LogP contribution in [-0.4, -0.2) is 31.6 Å². The van der Waals surface area contributed by atoms with Gasteiger partial charge in [-0.05, 0) is 55.4 Å². The van der Waals surface area contributed by atoms with Crippen molar-refractivity contribution in [2.75, 3.05) is 18.6 Å². The van der Waals surface area contributed by atoms with Crippen molar-refractivity contribution in [2.45, 2.75) is 50.6 Å². The van der Waals surface area contributed by atoms with Crippen molar-refractivity contribution in [2.24, 2.45) is 5.92 Å². The molecule has 5 heteroatoms. The fourth-order valence-electron chi connectivity index (χ4n) is 4.43. The van der Waals surface area contributed by atoms with Crippen LogP contribution in [0.1, 0.15) is 37.7 Å². The third-order valence-corrected chi connectivity index (χ3v) is 5.61. The number of hydrogen-bond donors (Lipinski definition) is 1. The molecule has 3 unspecified atom stereocenters. The zero-order valence-corrected chi connectivity index (χ0v) is 14.4. The van der Waals surface area contributed by atoms with E-state index in [9.17, 15) is 4.79 Å². The number of nitrogens with zero attached hydrogens (tertiary/aromatic N) is 1. The average molecular weight is 337 g/mol. The monoisotopic (exact) mass is 336 g/mol. The number of rotatable bonds is 2. The van der Waals surface area contributed by atoms with Gasteiger partial charge in [-0.1, -0.05) is 12.8 Å². The van der Waals surface area contributed by atoms with E-state index in [-0.39, 0.29) is 24.4 Å². The third-order valence-electron chi connectivity index (χ3n) is 5.61. The lowest BCUT2D eigenvalue weighted by molar-refractivity contribution is -0.120. The van der Waals surface area contributed by atoms with Crippen molar-refractivity contribution in [1.29, 1.82) is 0 Å². The van der Waals surface area contributed by atoms with Gasteiger partial charge in [-0.2, -0.15) is 0 Å². The van der Waals surface area contributed by atoms with Gasteiger partial charge in [-0.3, -0.25) is 4.79 Å². The molecule has 23 heavy (non-hydrogen) atoms. The van der Waals surface area contributed by atoms with E-state index in [1.54, 1.807) is 7.11 Å². The maximum atomic E-state index is 12.9. The highest BCUT2D eigenvalue weighted by Crippen LogP contribution is 2.36. The lowest BCUT2D eigenvalue weighted by Gasteiger charge is -2.24. The first-order valence-electron chi connectivity index (χ1n) is 8.50. The number of carbonyl (C=O) groups excluding carboxylic acids is 1. The van der Waals surface area contributed by atoms with Crippen LogP contribution in [0.15, 0.2) is 18.2 Å². The molecule has 1 amide bonds. The number of hydrogen-bond acceptors (Lipinski definition) is 3. The molecule has 0 radical (unpaired) electrons. The molecule has 1 aromatic carbocycles. The van der Waals surface area contributed by atoms with Gasteiger partial charge in [0, 0.05) is 18.3 Å². The fourth-order valence-corrected chi connectivity index (χ4v) is 4.43. The molecule has 1 saturated carbocycles. The molecule has 2 fully saturated rings. The summed E-state index contributed by atoms with van der Waals surface area (Å²) in [5, 5.41) is 3.61. The maximum absolute atomic E-state index is 12.9. The van der Waals surface area contributed by atoms with Gasteiger partial charge in [0.1, 0.15) is 5.75 Å². The Labute approximate surface area is 144 Å². The molecule has 126 valence electrons. The third kappa shape index (κ3) is 2.94. The number of methoxy groups -OCH3 is 1. The van der Waals surface area contributed by atoms with Crippen LogP contribution in [0.2, 0.25) is 0 Å². The predicted octanol–water partition coefficient (Wildman–Crippen LogP) is 2.93. The molecule has 1 saturated heterocycles. The number of fused-ring (bicyclic) bond motifs is 2. The summed E-state index contributed by atoms with van der Waals surface area (Å²) < 4.78 is 5.28. The Hall–Kier alpha value is -1.26. The molecule has 1 N–H and O–H groups in total. The zero-order valence-electron chi connectivity index (χ0n) is 13.6. The number of amides is 1. The van der Waals surface area contributed by atoms with E-state index in [4.69, 9.17) is 4.74 Å². The lowest BCUT2D eigenvalue weighted by Crippen LogP contribution is -2.45. The summed E-state index contributed by atoms with van der Waals surface area (Å²) in [6.45, 7) is 0.800. The summed E-state index contributed by atoms with van der Waals surface area (Å²) in [6, 6.07) is 6.62. The van der Waals surface area contributed by atoms with Crippen molar-refractivity contribution in [3.8, 4) is 5.75 Å². The van der Waals surface area contributed by atoms with E-state index in [1.165, 1.54) is 31.2 Å². The van der Waals surface area contributed by atoms with Crippen LogP contribution in [0.5, 0.6) is 5.75 Å². The van der Waals surface area contributed by atoms with Crippen LogP contribution in [0, 0.1) is 5.92 Å². The number of benzene rings is 1. The fraction of sp³-hybridized carbons (Fsp3) is 0.611. The molecular formula is C18H25ClN2O2. The normalized spacial score (nSPS) is 28.7. The van der Waals surface area contributed by atoms with Crippen LogP contribution in [0.4, 0.5) is 5.69 Å². The quantitative estimate of drug-likeness (QED) is 0.903. The highest BCUT2D eigenvalue weighted by molar-refractivity contribution is 5.99. The molecular weight excluding hydrogens is 312 g/mol. The van der Waals surface area contributed by atoms with Crippen molar-refractivity contribution >= 4 is 24.0 Å². The van der Waals surface area contributed by atoms with E-state index in [2.05, 4.69) is 11.4 Å². The van der Waals surface area contributed by atoms with Crippen LogP contribution in [0.25, 0.3) is 0 Å². The van der Waals surface area contributed by atoms with Crippen LogP contribution in [0.3, 0.4) is 0 Å². The second kappa shape index (κ2) is 6.70. The molecule has 3 atom stereocenters. The highest BCUT2D eigenvalue weighted by Gasteiger charge is 2.40. The van der Waals surface area contributed by atoms with E-state index >= 15 is 0 Å². The van der Waals surface area contributed by atoms with Gasteiger partial charge < -0.3 is 15.0 Å². The van der Waals surface area contributed by atoms with Gasteiger partial charge in [-0.25, -0.2) is 0 Å². The Bertz CT molecular complexity index is 578. The molecule has 4 rings (SSSR count).